The van der Waals surface area contributed by atoms with Crippen molar-refractivity contribution >= 4 is 7.98 Å². The molecule has 1 aliphatic rings. The number of nitrogens with one attached hydrogen (secondary N) is 1. The summed E-state index contributed by atoms with van der Waals surface area (Å²) < 4.78 is 0. The average molecular weight is 152 g/mol. The van der Waals surface area contributed by atoms with Gasteiger partial charge >= 0.3 is 0 Å². The highest BCUT2D eigenvalue weighted by atomic mass is 15.2. The van der Waals surface area contributed by atoms with Crippen molar-refractivity contribution < 1.29 is 0 Å². The molecule has 1 aliphatic heterocycles. The second-order valence-corrected chi connectivity index (χ2v) is 3.33. The van der Waals surface area contributed by atoms with Crippen molar-refractivity contribution in [1.29, 1.82) is 0 Å². The smallest absolute Gasteiger partial charge is 0.182 e. The third-order valence-corrected chi connectivity index (χ3v) is 2.37. The van der Waals surface area contributed by atoms with Crippen molar-refractivity contribution in [2.45, 2.75) is 38.8 Å². The van der Waals surface area contributed by atoms with Crippen molar-refractivity contribution in [2.75, 3.05) is 13.1 Å². The van der Waals surface area contributed by atoms with E-state index in [9.17, 15) is 0 Å². The van der Waals surface area contributed by atoms with Crippen LogP contribution < -0.4 is 5.32 Å². The Balaban J connectivity index is 2.37. The van der Waals surface area contributed by atoms with E-state index >= 15 is 0 Å². The molecule has 0 aromatic heterocycles. The molecule has 1 fully saturated rings. The van der Waals surface area contributed by atoms with Gasteiger partial charge in [-0.05, 0) is 12.8 Å². The zero-order chi connectivity index (χ0) is 8.27. The number of rotatable bonds is 2. The highest BCUT2D eigenvalue weighted by Crippen LogP contribution is 2.06. The molecule has 3 heteroatoms. The predicted octanol–water partition coefficient (Wildman–Crippen LogP) is 0.532. The van der Waals surface area contributed by atoms with E-state index in [0.717, 1.165) is 13.1 Å². The van der Waals surface area contributed by atoms with Crippen molar-refractivity contribution in [3.8, 4) is 0 Å². The van der Waals surface area contributed by atoms with Gasteiger partial charge in [-0.25, -0.2) is 0 Å². The number of hydrogen-bond donors (Lipinski definition) is 1. The van der Waals surface area contributed by atoms with Gasteiger partial charge in [0.2, 0.25) is 0 Å². The molecule has 0 unspecified atom stereocenters. The molecule has 0 amide bonds. The SMILES string of the molecule is [B]N1C[C@@H](CC)N[C@@H](CC)C1. The van der Waals surface area contributed by atoms with Crippen molar-refractivity contribution in [1.82, 2.24) is 10.1 Å². The van der Waals surface area contributed by atoms with Gasteiger partial charge in [0.15, 0.2) is 7.98 Å². The maximum absolute atomic E-state index is 5.76. The van der Waals surface area contributed by atoms with Gasteiger partial charge in [0.05, 0.1) is 0 Å². The van der Waals surface area contributed by atoms with Gasteiger partial charge < -0.3 is 10.1 Å². The average Bonchev–Trinajstić information content (AvgIpc) is 2.03. The third kappa shape index (κ3) is 2.49. The van der Waals surface area contributed by atoms with Crippen LogP contribution in [0.1, 0.15) is 26.7 Å². The van der Waals surface area contributed by atoms with E-state index in [-0.39, 0.29) is 0 Å². The molecule has 2 nitrogen and oxygen atoms in total. The fourth-order valence-corrected chi connectivity index (χ4v) is 1.57. The largest absolute Gasteiger partial charge is 0.351 e. The van der Waals surface area contributed by atoms with E-state index in [1.807, 2.05) is 4.81 Å². The zero-order valence-corrected chi connectivity index (χ0v) is 7.51. The van der Waals surface area contributed by atoms with E-state index in [0.29, 0.717) is 12.1 Å². The summed E-state index contributed by atoms with van der Waals surface area (Å²) in [5.74, 6) is 0. The molecule has 0 aromatic carbocycles. The van der Waals surface area contributed by atoms with E-state index in [2.05, 4.69) is 19.2 Å². The topological polar surface area (TPSA) is 15.3 Å². The molecule has 0 bridgehead atoms. The summed E-state index contributed by atoms with van der Waals surface area (Å²) in [6, 6.07) is 1.19. The van der Waals surface area contributed by atoms with Crippen molar-refractivity contribution in [3.63, 3.8) is 0 Å². The minimum atomic E-state index is 0.596. The number of piperazine rings is 1. The normalized spacial score (nSPS) is 34.0. The quantitative estimate of drug-likeness (QED) is 0.580. The van der Waals surface area contributed by atoms with Gasteiger partial charge in [-0.3, -0.25) is 0 Å². The highest BCUT2D eigenvalue weighted by Gasteiger charge is 2.20. The summed E-state index contributed by atoms with van der Waals surface area (Å²) in [6.07, 6.45) is 2.34. The number of nitrogens with zero attached hydrogens (tertiary/aromatic N) is 1. The second kappa shape index (κ2) is 4.12. The van der Waals surface area contributed by atoms with Crippen LogP contribution in [0.5, 0.6) is 0 Å². The Bertz CT molecular complexity index is 107. The third-order valence-electron chi connectivity index (χ3n) is 2.37. The van der Waals surface area contributed by atoms with Crippen LogP contribution >= 0.6 is 0 Å². The monoisotopic (exact) mass is 152 g/mol. The van der Waals surface area contributed by atoms with Gasteiger partial charge in [-0.2, -0.15) is 0 Å². The first-order chi connectivity index (χ1) is 5.26. The van der Waals surface area contributed by atoms with Crippen LogP contribution in [-0.4, -0.2) is 38.0 Å². The molecule has 0 spiro atoms. The summed E-state index contributed by atoms with van der Waals surface area (Å²) in [4.78, 5) is 1.93. The lowest BCUT2D eigenvalue weighted by atomic mass is 10.0. The maximum Gasteiger partial charge on any atom is 0.182 e. The summed E-state index contributed by atoms with van der Waals surface area (Å²) in [7, 11) is 5.76. The minimum Gasteiger partial charge on any atom is -0.351 e. The van der Waals surface area contributed by atoms with Gasteiger partial charge in [-0.1, -0.05) is 13.8 Å². The molecule has 11 heavy (non-hydrogen) atoms. The predicted molar refractivity (Wildman–Crippen MR) is 48.6 cm³/mol. The van der Waals surface area contributed by atoms with E-state index in [1.165, 1.54) is 12.8 Å². The lowest BCUT2D eigenvalue weighted by Gasteiger charge is -2.36. The molecule has 2 atom stereocenters. The Morgan fingerprint density at radius 3 is 2.09 bits per heavy atom. The van der Waals surface area contributed by atoms with Crippen LogP contribution in [-0.2, 0) is 0 Å². The second-order valence-electron chi connectivity index (χ2n) is 3.33. The summed E-state index contributed by atoms with van der Waals surface area (Å²) in [5, 5.41) is 3.56. The fourth-order valence-electron chi connectivity index (χ4n) is 1.57. The van der Waals surface area contributed by atoms with Crippen LogP contribution in [0.2, 0.25) is 0 Å². The lowest BCUT2D eigenvalue weighted by Crippen LogP contribution is -2.55. The zero-order valence-electron chi connectivity index (χ0n) is 7.51. The summed E-state index contributed by atoms with van der Waals surface area (Å²) in [5.41, 5.74) is 0. The van der Waals surface area contributed by atoms with Crippen LogP contribution in [0.3, 0.4) is 0 Å². The van der Waals surface area contributed by atoms with Gasteiger partial charge in [0.1, 0.15) is 0 Å². The molecule has 1 N–H and O–H groups in total. The lowest BCUT2D eigenvalue weighted by molar-refractivity contribution is 0.241. The summed E-state index contributed by atoms with van der Waals surface area (Å²) >= 11 is 0. The van der Waals surface area contributed by atoms with Gasteiger partial charge in [0.25, 0.3) is 0 Å². The Morgan fingerprint density at radius 1 is 1.27 bits per heavy atom. The Hall–Kier alpha value is -0.0151. The Labute approximate surface area is 70.8 Å². The molecule has 0 aliphatic carbocycles. The molecule has 0 aromatic rings. The molecule has 1 rings (SSSR count). The molecule has 0 saturated carbocycles. The number of hydrogen-bond acceptors (Lipinski definition) is 2. The first kappa shape index (κ1) is 9.08. The van der Waals surface area contributed by atoms with E-state index < -0.39 is 0 Å². The maximum atomic E-state index is 5.76. The van der Waals surface area contributed by atoms with Crippen molar-refractivity contribution in [2.24, 2.45) is 0 Å². The minimum absolute atomic E-state index is 0.596. The Kier molecular flexibility index (Phi) is 3.40. The van der Waals surface area contributed by atoms with Crippen LogP contribution in [0.15, 0.2) is 0 Å². The molecule has 2 radical (unpaired) electrons. The fraction of sp³-hybridized carbons (Fsp3) is 1.00. The molecule has 62 valence electrons. The Morgan fingerprint density at radius 2 is 1.73 bits per heavy atom. The van der Waals surface area contributed by atoms with Crippen LogP contribution in [0, 0.1) is 0 Å². The highest BCUT2D eigenvalue weighted by molar-refractivity contribution is 6.04. The first-order valence-electron chi connectivity index (χ1n) is 4.52. The molecule has 1 saturated heterocycles. The van der Waals surface area contributed by atoms with Crippen LogP contribution in [0.4, 0.5) is 0 Å². The van der Waals surface area contributed by atoms with E-state index in [4.69, 9.17) is 7.98 Å². The standard InChI is InChI=1S/C8H17BN2/c1-3-7-5-11(9)6-8(4-2)10-7/h7-8,10H,3-6H2,1-2H3/t7-,8+. The van der Waals surface area contributed by atoms with Gasteiger partial charge in [0, 0.05) is 25.2 Å². The van der Waals surface area contributed by atoms with E-state index in [1.54, 1.807) is 0 Å². The van der Waals surface area contributed by atoms with Crippen molar-refractivity contribution in [3.05, 3.63) is 0 Å². The molecular weight excluding hydrogens is 135 g/mol. The van der Waals surface area contributed by atoms with Crippen LogP contribution in [0.25, 0.3) is 0 Å². The molecular formula is C8H17BN2. The summed E-state index contributed by atoms with van der Waals surface area (Å²) in [6.45, 7) is 6.38. The van der Waals surface area contributed by atoms with Gasteiger partial charge in [-0.15, -0.1) is 0 Å². The molecule has 1 heterocycles. The first-order valence-corrected chi connectivity index (χ1v) is 4.52.